The van der Waals surface area contributed by atoms with Gasteiger partial charge in [-0.25, -0.2) is 8.42 Å². The first kappa shape index (κ1) is 22.8. The molecule has 1 aliphatic rings. The zero-order chi connectivity index (χ0) is 22.6. The summed E-state index contributed by atoms with van der Waals surface area (Å²) >= 11 is 0. The highest BCUT2D eigenvalue weighted by atomic mass is 32.2. The van der Waals surface area contributed by atoms with E-state index in [1.54, 1.807) is 0 Å². The van der Waals surface area contributed by atoms with Gasteiger partial charge < -0.3 is 19.5 Å². The predicted molar refractivity (Wildman–Crippen MR) is 105 cm³/mol. The summed E-state index contributed by atoms with van der Waals surface area (Å²) in [4.78, 5) is 17.1. The van der Waals surface area contributed by atoms with Crippen LogP contribution in [0.1, 0.15) is 23.8 Å². The molecule has 1 fully saturated rings. The number of nitrogens with one attached hydrogen (secondary N) is 1. The molecule has 1 saturated heterocycles. The third kappa shape index (κ3) is 5.85. The third-order valence-corrected chi connectivity index (χ3v) is 6.38. The smallest absolute Gasteiger partial charge is 0.406 e. The van der Waals surface area contributed by atoms with Crippen molar-refractivity contribution >= 4 is 15.5 Å². The van der Waals surface area contributed by atoms with Gasteiger partial charge in [0.2, 0.25) is 9.84 Å². The molecule has 1 unspecified atom stereocenters. The highest BCUT2D eigenvalue weighted by molar-refractivity contribution is 7.91. The van der Waals surface area contributed by atoms with Gasteiger partial charge in [-0.3, -0.25) is 4.79 Å². The van der Waals surface area contributed by atoms with E-state index >= 15 is 0 Å². The average Bonchev–Trinajstić information content (AvgIpc) is 2.70. The lowest BCUT2D eigenvalue weighted by atomic mass is 10.1. The Morgan fingerprint density at radius 1 is 1.13 bits per heavy atom. The van der Waals surface area contributed by atoms with Crippen LogP contribution in [0.5, 0.6) is 5.75 Å². The molecule has 1 aromatic carbocycles. The van der Waals surface area contributed by atoms with Gasteiger partial charge in [0, 0.05) is 50.8 Å². The van der Waals surface area contributed by atoms with Crippen LogP contribution in [-0.4, -0.2) is 38.1 Å². The molecule has 0 bridgehead atoms. The Morgan fingerprint density at radius 3 is 2.35 bits per heavy atom. The van der Waals surface area contributed by atoms with Crippen molar-refractivity contribution in [2.24, 2.45) is 12.2 Å². The van der Waals surface area contributed by atoms with Crippen molar-refractivity contribution in [3.05, 3.63) is 58.5 Å². The lowest BCUT2D eigenvalue weighted by molar-refractivity contribution is -0.274. The summed E-state index contributed by atoms with van der Waals surface area (Å²) in [6.07, 6.45) is -2.36. The number of rotatable bonds is 6. The molecule has 0 amide bonds. The molecule has 0 spiro atoms. The predicted octanol–water partition coefficient (Wildman–Crippen LogP) is 2.51. The minimum atomic E-state index is -4.90. The van der Waals surface area contributed by atoms with Gasteiger partial charge in [-0.2, -0.15) is 0 Å². The van der Waals surface area contributed by atoms with Gasteiger partial charge in [-0.05, 0) is 30.3 Å². The fourth-order valence-electron chi connectivity index (χ4n) is 2.89. The molecule has 31 heavy (non-hydrogen) atoms. The second-order valence-electron chi connectivity index (χ2n) is 6.82. The molecular formula is C19H20F3N3O5S. The largest absolute Gasteiger partial charge is 0.573 e. The molecule has 0 aliphatic carbocycles. The molecule has 1 aliphatic heterocycles. The molecule has 1 atom stereocenters. The Morgan fingerprint density at radius 2 is 1.77 bits per heavy atom. The van der Waals surface area contributed by atoms with Gasteiger partial charge in [0.15, 0.2) is 0 Å². The molecule has 0 saturated carbocycles. The molecule has 2 heterocycles. The molecule has 168 valence electrons. The number of sulfone groups is 1. The van der Waals surface area contributed by atoms with Crippen molar-refractivity contribution in [3.63, 3.8) is 0 Å². The van der Waals surface area contributed by atoms with E-state index in [1.165, 1.54) is 23.9 Å². The quantitative estimate of drug-likeness (QED) is 0.667. The number of aromatic nitrogens is 1. The summed E-state index contributed by atoms with van der Waals surface area (Å²) in [6, 6.07) is 6.26. The van der Waals surface area contributed by atoms with Crippen LogP contribution in [0.3, 0.4) is 0 Å². The second-order valence-corrected chi connectivity index (χ2v) is 8.81. The van der Waals surface area contributed by atoms with Crippen molar-refractivity contribution in [1.82, 2.24) is 9.88 Å². The Labute approximate surface area is 176 Å². The first-order valence-electron chi connectivity index (χ1n) is 9.25. The maximum absolute atomic E-state index is 13.2. The summed E-state index contributed by atoms with van der Waals surface area (Å²) in [5.74, 6) is -0.563. The van der Waals surface area contributed by atoms with Crippen LogP contribution in [0, 0.1) is 0 Å². The standard InChI is InChI=1S/C19H20F3N3O5S/c1-25-11-8-13(12-17(25)26)18(30-24-14-6-9-23-10-7-14)31(27,28)16-4-2-15(3-5-16)29-19(20,21)22/h2-5,8,11-12,18,23H,6-7,9-10H2,1H3. The van der Waals surface area contributed by atoms with Gasteiger partial charge in [-0.1, -0.05) is 5.16 Å². The summed E-state index contributed by atoms with van der Waals surface area (Å²) in [5, 5.41) is 7.12. The fourth-order valence-corrected chi connectivity index (χ4v) is 4.31. The summed E-state index contributed by atoms with van der Waals surface area (Å²) < 4.78 is 68.6. The van der Waals surface area contributed by atoms with E-state index in [0.29, 0.717) is 31.6 Å². The van der Waals surface area contributed by atoms with Crippen molar-refractivity contribution in [3.8, 4) is 5.75 Å². The van der Waals surface area contributed by atoms with Crippen LogP contribution < -0.4 is 15.6 Å². The molecule has 1 aromatic heterocycles. The van der Waals surface area contributed by atoms with E-state index in [2.05, 4.69) is 15.2 Å². The highest BCUT2D eigenvalue weighted by Gasteiger charge is 2.34. The number of nitrogens with zero attached hydrogens (tertiary/aromatic N) is 2. The number of ether oxygens (including phenoxy) is 1. The van der Waals surface area contributed by atoms with Gasteiger partial charge in [-0.15, -0.1) is 13.2 Å². The van der Waals surface area contributed by atoms with Crippen LogP contribution in [0.4, 0.5) is 13.2 Å². The molecule has 8 nitrogen and oxygen atoms in total. The van der Waals surface area contributed by atoms with Gasteiger partial charge >= 0.3 is 6.36 Å². The van der Waals surface area contributed by atoms with Crippen molar-refractivity contribution in [2.75, 3.05) is 13.1 Å². The number of halogens is 3. The zero-order valence-corrected chi connectivity index (χ0v) is 17.2. The number of aryl methyl sites for hydroxylation is 1. The lowest BCUT2D eigenvalue weighted by Gasteiger charge is -2.19. The SMILES string of the molecule is Cn1ccc(C(ON=C2CCNCC2)S(=O)(=O)c2ccc(OC(F)(F)F)cc2)cc1=O. The van der Waals surface area contributed by atoms with Crippen LogP contribution in [0.25, 0.3) is 0 Å². The van der Waals surface area contributed by atoms with Crippen LogP contribution in [0.15, 0.2) is 57.4 Å². The number of hydrogen-bond acceptors (Lipinski definition) is 7. The third-order valence-electron chi connectivity index (χ3n) is 4.53. The Balaban J connectivity index is 1.96. The summed E-state index contributed by atoms with van der Waals surface area (Å²) in [5.41, 5.74) is -1.39. The fraction of sp³-hybridized carbons (Fsp3) is 0.368. The zero-order valence-electron chi connectivity index (χ0n) is 16.4. The van der Waals surface area contributed by atoms with Gasteiger partial charge in [0.25, 0.3) is 11.0 Å². The molecular weight excluding hydrogens is 439 g/mol. The lowest BCUT2D eigenvalue weighted by Crippen LogP contribution is -2.28. The maximum atomic E-state index is 13.2. The van der Waals surface area contributed by atoms with E-state index in [4.69, 9.17) is 4.84 Å². The van der Waals surface area contributed by atoms with Gasteiger partial charge in [0.1, 0.15) is 5.75 Å². The van der Waals surface area contributed by atoms with Crippen molar-refractivity contribution in [1.29, 1.82) is 0 Å². The number of oxime groups is 1. The second kappa shape index (κ2) is 9.10. The maximum Gasteiger partial charge on any atom is 0.573 e. The molecule has 0 radical (unpaired) electrons. The topological polar surface area (TPSA) is 99.0 Å². The molecule has 12 heteroatoms. The monoisotopic (exact) mass is 459 g/mol. The van der Waals surface area contributed by atoms with E-state index in [9.17, 15) is 26.4 Å². The first-order valence-corrected chi connectivity index (χ1v) is 10.8. The van der Waals surface area contributed by atoms with Crippen LogP contribution in [-0.2, 0) is 21.7 Å². The van der Waals surface area contributed by atoms with E-state index in [0.717, 1.165) is 30.3 Å². The van der Waals surface area contributed by atoms with Crippen LogP contribution in [0.2, 0.25) is 0 Å². The number of pyridine rings is 1. The van der Waals surface area contributed by atoms with E-state index < -0.39 is 32.9 Å². The molecule has 2 aromatic rings. The number of alkyl halides is 3. The molecule has 1 N–H and O–H groups in total. The normalized spacial score (nSPS) is 15.9. The van der Waals surface area contributed by atoms with E-state index in [1.807, 2.05) is 0 Å². The minimum absolute atomic E-state index is 0.0528. The summed E-state index contributed by atoms with van der Waals surface area (Å²) in [7, 11) is -2.77. The Bertz CT molecular complexity index is 1100. The summed E-state index contributed by atoms with van der Waals surface area (Å²) in [6.45, 7) is 1.35. The van der Waals surface area contributed by atoms with Crippen LogP contribution >= 0.6 is 0 Å². The molecule has 3 rings (SSSR count). The van der Waals surface area contributed by atoms with Crippen molar-refractivity contribution in [2.45, 2.75) is 29.5 Å². The minimum Gasteiger partial charge on any atom is -0.406 e. The highest BCUT2D eigenvalue weighted by Crippen LogP contribution is 2.32. The average molecular weight is 459 g/mol. The Kier molecular flexibility index (Phi) is 6.70. The number of hydrogen-bond donors (Lipinski definition) is 1. The van der Waals surface area contributed by atoms with E-state index in [-0.39, 0.29) is 10.5 Å². The Hall–Kier alpha value is -2.86. The van der Waals surface area contributed by atoms with Gasteiger partial charge in [0.05, 0.1) is 10.6 Å². The number of piperidine rings is 1. The first-order chi connectivity index (χ1) is 14.6. The van der Waals surface area contributed by atoms with Crippen molar-refractivity contribution < 1.29 is 31.2 Å². The number of benzene rings is 1.